The molecule has 0 spiro atoms. The van der Waals surface area contributed by atoms with Gasteiger partial charge < -0.3 is 15.1 Å². The van der Waals surface area contributed by atoms with Crippen LogP contribution >= 0.6 is 0 Å². The van der Waals surface area contributed by atoms with Crippen LogP contribution in [0.5, 0.6) is 0 Å². The monoisotopic (exact) mass is 330 g/mol. The van der Waals surface area contributed by atoms with Gasteiger partial charge in [0.2, 0.25) is 5.91 Å². The zero-order valence-corrected chi connectivity index (χ0v) is 11.8. The number of furan rings is 1. The molecule has 0 bridgehead atoms. The molecule has 2 aromatic rings. The third kappa shape index (κ3) is 4.87. The minimum atomic E-state index is -4.54. The average Bonchev–Trinajstić information content (AvgIpc) is 3.13. The number of nitrogens with one attached hydrogen (secondary N) is 2. The van der Waals surface area contributed by atoms with Gasteiger partial charge in [0.1, 0.15) is 6.54 Å². The van der Waals surface area contributed by atoms with E-state index in [4.69, 9.17) is 4.42 Å². The first kappa shape index (κ1) is 16.6. The normalized spacial score (nSPS) is 11.3. The molecule has 23 heavy (non-hydrogen) atoms. The molecule has 7 nitrogen and oxygen atoms in total. The van der Waals surface area contributed by atoms with Gasteiger partial charge in [0.15, 0.2) is 11.5 Å². The Morgan fingerprint density at radius 2 is 1.96 bits per heavy atom. The van der Waals surface area contributed by atoms with Crippen molar-refractivity contribution in [2.45, 2.75) is 12.7 Å². The molecule has 0 atom stereocenters. The maximum Gasteiger partial charge on any atom is 0.435 e. The number of alkyl halides is 3. The fraction of sp³-hybridized carbons (Fsp3) is 0.308. The summed E-state index contributed by atoms with van der Waals surface area (Å²) in [5, 5.41) is 8.22. The summed E-state index contributed by atoms with van der Waals surface area (Å²) >= 11 is 0. The zero-order chi connectivity index (χ0) is 16.9. The number of hydrogen-bond acceptors (Lipinski definition) is 4. The van der Waals surface area contributed by atoms with Gasteiger partial charge in [0.25, 0.3) is 5.91 Å². The van der Waals surface area contributed by atoms with Crippen LogP contribution in [0.2, 0.25) is 0 Å². The highest BCUT2D eigenvalue weighted by Crippen LogP contribution is 2.27. The molecule has 2 amide bonds. The Bertz CT molecular complexity index is 664. The predicted molar refractivity (Wildman–Crippen MR) is 71.3 cm³/mol. The molecule has 0 aliphatic carbocycles. The highest BCUT2D eigenvalue weighted by Gasteiger charge is 2.33. The molecule has 0 saturated heterocycles. The van der Waals surface area contributed by atoms with Crippen molar-refractivity contribution in [2.75, 3.05) is 13.1 Å². The van der Waals surface area contributed by atoms with Gasteiger partial charge in [-0.3, -0.25) is 14.3 Å². The molecule has 0 aliphatic heterocycles. The van der Waals surface area contributed by atoms with E-state index in [1.165, 1.54) is 12.3 Å². The van der Waals surface area contributed by atoms with Crippen LogP contribution in [-0.4, -0.2) is 34.7 Å². The third-order valence-electron chi connectivity index (χ3n) is 2.71. The Morgan fingerprint density at radius 3 is 2.57 bits per heavy atom. The Balaban J connectivity index is 1.69. The van der Waals surface area contributed by atoms with Crippen molar-refractivity contribution in [3.05, 3.63) is 42.1 Å². The topological polar surface area (TPSA) is 89.2 Å². The van der Waals surface area contributed by atoms with Crippen molar-refractivity contribution < 1.29 is 27.2 Å². The van der Waals surface area contributed by atoms with Crippen LogP contribution in [0.4, 0.5) is 13.2 Å². The quantitative estimate of drug-likeness (QED) is 0.775. The van der Waals surface area contributed by atoms with Crippen LogP contribution < -0.4 is 10.6 Å². The van der Waals surface area contributed by atoms with Gasteiger partial charge in [0, 0.05) is 19.3 Å². The van der Waals surface area contributed by atoms with E-state index in [0.717, 1.165) is 16.9 Å². The Morgan fingerprint density at radius 1 is 1.22 bits per heavy atom. The Labute approximate surface area is 128 Å². The smallest absolute Gasteiger partial charge is 0.435 e. The van der Waals surface area contributed by atoms with Crippen molar-refractivity contribution in [1.29, 1.82) is 0 Å². The molecular formula is C13H13F3N4O3. The number of nitrogens with zero attached hydrogens (tertiary/aromatic N) is 2. The number of carbonyl (C=O) groups excluding carboxylic acids is 2. The number of halogens is 3. The summed E-state index contributed by atoms with van der Waals surface area (Å²) in [6.07, 6.45) is -2.12. The van der Waals surface area contributed by atoms with E-state index in [-0.39, 0.29) is 25.4 Å². The summed E-state index contributed by atoms with van der Waals surface area (Å²) in [6.45, 7) is -0.0704. The summed E-state index contributed by atoms with van der Waals surface area (Å²) in [7, 11) is 0. The standard InChI is InChI=1S/C13H13F3N4O3/c14-13(15,16)10-3-6-20(19-10)8-11(21)17-4-5-18-12(22)9-2-1-7-23-9/h1-3,6-7H,4-5,8H2,(H,17,21)(H,18,22). The van der Waals surface area contributed by atoms with E-state index in [1.54, 1.807) is 6.07 Å². The third-order valence-corrected chi connectivity index (χ3v) is 2.71. The van der Waals surface area contributed by atoms with Gasteiger partial charge in [-0.25, -0.2) is 0 Å². The molecule has 0 unspecified atom stereocenters. The van der Waals surface area contributed by atoms with Gasteiger partial charge >= 0.3 is 6.18 Å². The summed E-state index contributed by atoms with van der Waals surface area (Å²) in [5.41, 5.74) is -1.06. The van der Waals surface area contributed by atoms with E-state index in [1.807, 2.05) is 0 Å². The van der Waals surface area contributed by atoms with E-state index < -0.39 is 23.7 Å². The molecule has 2 rings (SSSR count). The van der Waals surface area contributed by atoms with Gasteiger partial charge in [-0.1, -0.05) is 0 Å². The molecule has 0 fully saturated rings. The summed E-state index contributed by atoms with van der Waals surface area (Å²) < 4.78 is 42.8. The molecule has 2 aromatic heterocycles. The van der Waals surface area contributed by atoms with Crippen molar-refractivity contribution in [2.24, 2.45) is 0 Å². The molecule has 0 aromatic carbocycles. The fourth-order valence-corrected chi connectivity index (χ4v) is 1.68. The molecular weight excluding hydrogens is 317 g/mol. The van der Waals surface area contributed by atoms with Crippen molar-refractivity contribution in [3.63, 3.8) is 0 Å². The maximum absolute atomic E-state index is 12.4. The second kappa shape index (κ2) is 6.99. The van der Waals surface area contributed by atoms with Crippen molar-refractivity contribution in [3.8, 4) is 0 Å². The average molecular weight is 330 g/mol. The lowest BCUT2D eigenvalue weighted by molar-refractivity contribution is -0.141. The zero-order valence-electron chi connectivity index (χ0n) is 11.8. The largest absolute Gasteiger partial charge is 0.459 e. The highest BCUT2D eigenvalue weighted by atomic mass is 19.4. The molecule has 10 heteroatoms. The number of amides is 2. The SMILES string of the molecule is O=C(Cn1ccc(C(F)(F)F)n1)NCCNC(=O)c1ccco1. The Kier molecular flexibility index (Phi) is 5.04. The molecule has 2 heterocycles. The van der Waals surface area contributed by atoms with Crippen LogP contribution in [0, 0.1) is 0 Å². The van der Waals surface area contributed by atoms with E-state index in [9.17, 15) is 22.8 Å². The molecule has 0 aliphatic rings. The van der Waals surface area contributed by atoms with Crippen LogP contribution in [0.25, 0.3) is 0 Å². The highest BCUT2D eigenvalue weighted by molar-refractivity contribution is 5.91. The minimum Gasteiger partial charge on any atom is -0.459 e. The van der Waals surface area contributed by atoms with E-state index >= 15 is 0 Å². The number of aromatic nitrogens is 2. The minimum absolute atomic E-state index is 0.124. The van der Waals surface area contributed by atoms with E-state index in [2.05, 4.69) is 15.7 Å². The maximum atomic E-state index is 12.4. The number of carbonyl (C=O) groups is 2. The Hall–Kier alpha value is -2.78. The summed E-state index contributed by atoms with van der Waals surface area (Å²) in [6, 6.07) is 3.84. The lowest BCUT2D eigenvalue weighted by atomic mass is 10.4. The molecule has 0 saturated carbocycles. The lowest BCUT2D eigenvalue weighted by Gasteiger charge is -2.06. The van der Waals surface area contributed by atoms with Crippen molar-refractivity contribution in [1.82, 2.24) is 20.4 Å². The van der Waals surface area contributed by atoms with Crippen LogP contribution in [0.1, 0.15) is 16.2 Å². The van der Waals surface area contributed by atoms with Gasteiger partial charge in [0.05, 0.1) is 6.26 Å². The van der Waals surface area contributed by atoms with E-state index in [0.29, 0.717) is 0 Å². The molecule has 2 N–H and O–H groups in total. The first-order chi connectivity index (χ1) is 10.9. The number of rotatable bonds is 6. The number of hydrogen-bond donors (Lipinski definition) is 2. The van der Waals surface area contributed by atoms with Gasteiger partial charge in [-0.15, -0.1) is 0 Å². The van der Waals surface area contributed by atoms with Gasteiger partial charge in [-0.05, 0) is 18.2 Å². The van der Waals surface area contributed by atoms with Crippen LogP contribution in [0.15, 0.2) is 35.1 Å². The fourth-order valence-electron chi connectivity index (χ4n) is 1.68. The summed E-state index contributed by atoms with van der Waals surface area (Å²) in [4.78, 5) is 23.1. The molecule has 124 valence electrons. The second-order valence-corrected chi connectivity index (χ2v) is 4.48. The lowest BCUT2D eigenvalue weighted by Crippen LogP contribution is -2.36. The van der Waals surface area contributed by atoms with Gasteiger partial charge in [-0.2, -0.15) is 18.3 Å². The first-order valence-corrected chi connectivity index (χ1v) is 6.55. The summed E-state index contributed by atoms with van der Waals surface area (Å²) in [5.74, 6) is -0.798. The van der Waals surface area contributed by atoms with Crippen molar-refractivity contribution >= 4 is 11.8 Å². The predicted octanol–water partition coefficient (Wildman–Crippen LogP) is 1.04. The van der Waals surface area contributed by atoms with Crippen LogP contribution in [0.3, 0.4) is 0 Å². The molecule has 0 radical (unpaired) electrons. The van der Waals surface area contributed by atoms with Crippen LogP contribution in [-0.2, 0) is 17.5 Å². The first-order valence-electron chi connectivity index (χ1n) is 6.55. The second-order valence-electron chi connectivity index (χ2n) is 4.48.